The lowest BCUT2D eigenvalue weighted by Gasteiger charge is -1.99. The molecular weight excluding hydrogens is 203 g/mol. The fourth-order valence-electron chi connectivity index (χ4n) is 1.13. The van der Waals surface area contributed by atoms with E-state index < -0.39 is 5.95 Å². The average Bonchev–Trinajstić information content (AvgIpc) is 2.18. The van der Waals surface area contributed by atoms with Gasteiger partial charge in [-0.2, -0.15) is 4.39 Å². The molecule has 4 heteroatoms. The summed E-state index contributed by atoms with van der Waals surface area (Å²) in [5.74, 6) is -0.524. The molecule has 2 aromatic rings. The molecule has 0 N–H and O–H groups in total. The van der Waals surface area contributed by atoms with E-state index in [2.05, 4.69) is 9.97 Å². The summed E-state index contributed by atoms with van der Waals surface area (Å²) in [6, 6.07) is 8.20. The van der Waals surface area contributed by atoms with E-state index in [-0.39, 0.29) is 0 Å². The molecule has 0 aliphatic rings. The molecule has 0 unspecified atom stereocenters. The van der Waals surface area contributed by atoms with Gasteiger partial charge in [0.05, 0.1) is 5.69 Å². The third-order valence-corrected chi connectivity index (χ3v) is 1.95. The highest BCUT2D eigenvalue weighted by molar-refractivity contribution is 6.29. The first-order chi connectivity index (χ1) is 6.75. The minimum absolute atomic E-state index is 0.389. The Bertz CT molecular complexity index is 416. The first-order valence-electron chi connectivity index (χ1n) is 4.00. The maximum Gasteiger partial charge on any atom is 0.213 e. The first kappa shape index (κ1) is 9.09. The fourth-order valence-corrected chi connectivity index (χ4v) is 1.29. The number of hydrogen-bond donors (Lipinski definition) is 0. The lowest BCUT2D eigenvalue weighted by molar-refractivity contribution is 0.584. The Hall–Kier alpha value is -1.48. The van der Waals surface area contributed by atoms with Crippen LogP contribution in [0.3, 0.4) is 0 Å². The van der Waals surface area contributed by atoms with Crippen LogP contribution in [0.25, 0.3) is 11.3 Å². The summed E-state index contributed by atoms with van der Waals surface area (Å²) in [5.41, 5.74) is 1.30. The Morgan fingerprint density at radius 3 is 2.79 bits per heavy atom. The van der Waals surface area contributed by atoms with Crippen molar-refractivity contribution >= 4 is 11.6 Å². The standard InChI is InChI=1S/C10H6ClFN2/c11-9-3-1-2-8(14-9)7-4-5-13-10(12)6-7/h1-6H. The molecule has 0 atom stereocenters. The molecule has 0 aliphatic heterocycles. The molecule has 0 radical (unpaired) electrons. The number of rotatable bonds is 1. The largest absolute Gasteiger partial charge is 0.236 e. The lowest BCUT2D eigenvalue weighted by atomic mass is 10.2. The number of hydrogen-bond acceptors (Lipinski definition) is 2. The van der Waals surface area contributed by atoms with Crippen molar-refractivity contribution in [2.75, 3.05) is 0 Å². The van der Waals surface area contributed by atoms with Crippen molar-refractivity contribution in [3.63, 3.8) is 0 Å². The van der Waals surface area contributed by atoms with Gasteiger partial charge >= 0.3 is 0 Å². The normalized spacial score (nSPS) is 10.1. The predicted molar refractivity (Wildman–Crippen MR) is 52.4 cm³/mol. The Morgan fingerprint density at radius 1 is 1.21 bits per heavy atom. The van der Waals surface area contributed by atoms with Gasteiger partial charge in [-0.05, 0) is 18.2 Å². The van der Waals surface area contributed by atoms with Crippen LogP contribution in [-0.4, -0.2) is 9.97 Å². The summed E-state index contributed by atoms with van der Waals surface area (Å²) in [7, 11) is 0. The van der Waals surface area contributed by atoms with Gasteiger partial charge in [0.15, 0.2) is 0 Å². The van der Waals surface area contributed by atoms with E-state index in [1.165, 1.54) is 12.3 Å². The first-order valence-corrected chi connectivity index (χ1v) is 4.38. The molecule has 0 amide bonds. The zero-order valence-corrected chi connectivity index (χ0v) is 7.87. The van der Waals surface area contributed by atoms with Crippen molar-refractivity contribution in [3.05, 3.63) is 47.6 Å². The third kappa shape index (κ3) is 1.88. The fraction of sp³-hybridized carbons (Fsp3) is 0. The van der Waals surface area contributed by atoms with Gasteiger partial charge < -0.3 is 0 Å². The van der Waals surface area contributed by atoms with Crippen LogP contribution >= 0.6 is 11.6 Å². The summed E-state index contributed by atoms with van der Waals surface area (Å²) in [5, 5.41) is 0.389. The van der Waals surface area contributed by atoms with Crippen molar-refractivity contribution < 1.29 is 4.39 Å². The van der Waals surface area contributed by atoms with E-state index in [1.807, 2.05) is 0 Å². The third-order valence-electron chi connectivity index (χ3n) is 1.74. The Kier molecular flexibility index (Phi) is 2.41. The molecule has 0 aliphatic carbocycles. The zero-order chi connectivity index (χ0) is 9.97. The molecule has 2 rings (SSSR count). The monoisotopic (exact) mass is 208 g/mol. The van der Waals surface area contributed by atoms with Crippen molar-refractivity contribution in [2.45, 2.75) is 0 Å². The zero-order valence-electron chi connectivity index (χ0n) is 7.11. The van der Waals surface area contributed by atoms with Gasteiger partial charge in [0.2, 0.25) is 5.95 Å². The highest BCUT2D eigenvalue weighted by atomic mass is 35.5. The van der Waals surface area contributed by atoms with Crippen LogP contribution in [0.1, 0.15) is 0 Å². The maximum atomic E-state index is 12.8. The van der Waals surface area contributed by atoms with Crippen LogP contribution in [0.4, 0.5) is 4.39 Å². The van der Waals surface area contributed by atoms with Crippen molar-refractivity contribution in [2.24, 2.45) is 0 Å². The minimum atomic E-state index is -0.524. The molecule has 70 valence electrons. The Morgan fingerprint density at radius 2 is 2.07 bits per heavy atom. The van der Waals surface area contributed by atoms with Gasteiger partial charge in [-0.3, -0.25) is 0 Å². The van der Waals surface area contributed by atoms with Crippen molar-refractivity contribution in [3.8, 4) is 11.3 Å². The number of aromatic nitrogens is 2. The van der Waals surface area contributed by atoms with Gasteiger partial charge in [0.25, 0.3) is 0 Å². The summed E-state index contributed by atoms with van der Waals surface area (Å²) in [4.78, 5) is 7.52. The maximum absolute atomic E-state index is 12.8. The quantitative estimate of drug-likeness (QED) is 0.674. The summed E-state index contributed by atoms with van der Waals surface area (Å²) in [6.07, 6.45) is 1.40. The molecule has 0 fully saturated rings. The van der Waals surface area contributed by atoms with Crippen LogP contribution < -0.4 is 0 Å². The second-order valence-corrected chi connectivity index (χ2v) is 3.10. The van der Waals surface area contributed by atoms with E-state index in [1.54, 1.807) is 24.3 Å². The molecule has 2 heterocycles. The van der Waals surface area contributed by atoms with Crippen LogP contribution in [0.5, 0.6) is 0 Å². The van der Waals surface area contributed by atoms with Gasteiger partial charge in [-0.1, -0.05) is 17.7 Å². The Balaban J connectivity index is 2.49. The van der Waals surface area contributed by atoms with Gasteiger partial charge in [0, 0.05) is 17.8 Å². The predicted octanol–water partition coefficient (Wildman–Crippen LogP) is 2.94. The SMILES string of the molecule is Fc1cc(-c2cccc(Cl)n2)ccn1. The number of pyridine rings is 2. The Labute approximate surface area is 85.4 Å². The molecule has 0 saturated heterocycles. The van der Waals surface area contributed by atoms with Crippen molar-refractivity contribution in [1.29, 1.82) is 0 Å². The van der Waals surface area contributed by atoms with E-state index >= 15 is 0 Å². The number of halogens is 2. The van der Waals surface area contributed by atoms with Crippen LogP contribution in [-0.2, 0) is 0 Å². The molecule has 0 bridgehead atoms. The molecular formula is C10H6ClFN2. The molecule has 0 spiro atoms. The molecule has 0 aromatic carbocycles. The van der Waals surface area contributed by atoms with Gasteiger partial charge in [0.1, 0.15) is 5.15 Å². The van der Waals surface area contributed by atoms with Gasteiger partial charge in [-0.25, -0.2) is 9.97 Å². The van der Waals surface area contributed by atoms with Crippen LogP contribution in [0, 0.1) is 5.95 Å². The highest BCUT2D eigenvalue weighted by Gasteiger charge is 2.01. The topological polar surface area (TPSA) is 25.8 Å². The van der Waals surface area contributed by atoms with E-state index in [4.69, 9.17) is 11.6 Å². The second-order valence-electron chi connectivity index (χ2n) is 2.71. The molecule has 2 aromatic heterocycles. The van der Waals surface area contributed by atoms with Crippen molar-refractivity contribution in [1.82, 2.24) is 9.97 Å². The highest BCUT2D eigenvalue weighted by Crippen LogP contribution is 2.18. The molecule has 0 saturated carbocycles. The number of nitrogens with zero attached hydrogens (tertiary/aromatic N) is 2. The van der Waals surface area contributed by atoms with Gasteiger partial charge in [-0.15, -0.1) is 0 Å². The summed E-state index contributed by atoms with van der Waals surface area (Å²) in [6.45, 7) is 0. The smallest absolute Gasteiger partial charge is 0.213 e. The average molecular weight is 209 g/mol. The van der Waals surface area contributed by atoms with E-state index in [9.17, 15) is 4.39 Å². The van der Waals surface area contributed by atoms with E-state index in [0.29, 0.717) is 16.4 Å². The molecule has 14 heavy (non-hydrogen) atoms. The minimum Gasteiger partial charge on any atom is -0.236 e. The second kappa shape index (κ2) is 3.72. The lowest BCUT2D eigenvalue weighted by Crippen LogP contribution is -1.86. The van der Waals surface area contributed by atoms with E-state index in [0.717, 1.165) is 0 Å². The summed E-state index contributed by atoms with van der Waals surface area (Å²) < 4.78 is 12.8. The van der Waals surface area contributed by atoms with Crippen LogP contribution in [0.2, 0.25) is 5.15 Å². The molecule has 2 nitrogen and oxygen atoms in total. The summed E-state index contributed by atoms with van der Waals surface area (Å²) >= 11 is 5.71. The van der Waals surface area contributed by atoms with Crippen LogP contribution in [0.15, 0.2) is 36.5 Å².